The Hall–Kier alpha value is -1.32. The smallest absolute Gasteiger partial charge is 0.262 e. The van der Waals surface area contributed by atoms with Gasteiger partial charge in [-0.15, -0.1) is 0 Å². The van der Waals surface area contributed by atoms with E-state index in [0.29, 0.717) is 17.1 Å². The molecule has 1 aromatic rings. The van der Waals surface area contributed by atoms with Gasteiger partial charge in [-0.1, -0.05) is 29.8 Å². The SMILES string of the molecule is O=C1NNC/C1=C\c1ccccc1Cl. The Kier molecular flexibility index (Phi) is 2.52. The van der Waals surface area contributed by atoms with Gasteiger partial charge in [0.2, 0.25) is 0 Å². The highest BCUT2D eigenvalue weighted by molar-refractivity contribution is 6.32. The van der Waals surface area contributed by atoms with Crippen molar-refractivity contribution in [3.05, 3.63) is 40.4 Å². The second-order valence-corrected chi connectivity index (χ2v) is 3.41. The van der Waals surface area contributed by atoms with Crippen LogP contribution in [0.2, 0.25) is 5.02 Å². The molecule has 14 heavy (non-hydrogen) atoms. The maximum atomic E-state index is 11.2. The van der Waals surface area contributed by atoms with Gasteiger partial charge < -0.3 is 0 Å². The Morgan fingerprint density at radius 3 is 2.79 bits per heavy atom. The predicted octanol–water partition coefficient (Wildman–Crippen LogP) is 1.36. The van der Waals surface area contributed by atoms with Crippen LogP contribution in [0, 0.1) is 0 Å². The maximum absolute atomic E-state index is 11.2. The lowest BCUT2D eigenvalue weighted by Crippen LogP contribution is -2.25. The molecule has 0 saturated carbocycles. The molecule has 3 nitrogen and oxygen atoms in total. The normalized spacial score (nSPS) is 18.6. The number of hydrazine groups is 1. The van der Waals surface area contributed by atoms with E-state index >= 15 is 0 Å². The van der Waals surface area contributed by atoms with Crippen LogP contribution < -0.4 is 10.9 Å². The number of rotatable bonds is 1. The molecule has 1 heterocycles. The molecule has 0 unspecified atom stereocenters. The number of nitrogens with one attached hydrogen (secondary N) is 2. The molecule has 0 atom stereocenters. The molecular formula is C10H9ClN2O. The Morgan fingerprint density at radius 1 is 1.36 bits per heavy atom. The summed E-state index contributed by atoms with van der Waals surface area (Å²) in [7, 11) is 0. The number of amides is 1. The van der Waals surface area contributed by atoms with E-state index < -0.39 is 0 Å². The molecule has 1 aliphatic rings. The van der Waals surface area contributed by atoms with Crippen LogP contribution in [0.15, 0.2) is 29.8 Å². The molecule has 1 aromatic carbocycles. The van der Waals surface area contributed by atoms with E-state index in [1.54, 1.807) is 12.1 Å². The van der Waals surface area contributed by atoms with Gasteiger partial charge in [-0.3, -0.25) is 10.2 Å². The van der Waals surface area contributed by atoms with E-state index in [0.717, 1.165) is 5.56 Å². The van der Waals surface area contributed by atoms with Crippen molar-refractivity contribution >= 4 is 23.6 Å². The van der Waals surface area contributed by atoms with E-state index in [2.05, 4.69) is 10.9 Å². The molecule has 1 amide bonds. The maximum Gasteiger partial charge on any atom is 0.262 e. The third kappa shape index (κ3) is 1.78. The average molecular weight is 209 g/mol. The molecule has 2 N–H and O–H groups in total. The number of carbonyl (C=O) groups is 1. The summed E-state index contributed by atoms with van der Waals surface area (Å²) in [5.74, 6) is -0.0927. The topological polar surface area (TPSA) is 41.1 Å². The Bertz CT molecular complexity index is 401. The zero-order valence-electron chi connectivity index (χ0n) is 7.38. The van der Waals surface area contributed by atoms with Crippen LogP contribution >= 0.6 is 11.6 Å². The van der Waals surface area contributed by atoms with Crippen molar-refractivity contribution in [2.45, 2.75) is 0 Å². The van der Waals surface area contributed by atoms with Crippen LogP contribution in [0.3, 0.4) is 0 Å². The van der Waals surface area contributed by atoms with E-state index in [9.17, 15) is 4.79 Å². The quantitative estimate of drug-likeness (QED) is 0.685. The van der Waals surface area contributed by atoms with Gasteiger partial charge in [0.25, 0.3) is 5.91 Å². The molecule has 4 heteroatoms. The van der Waals surface area contributed by atoms with Crippen LogP contribution in [0.1, 0.15) is 5.56 Å². The molecule has 0 bridgehead atoms. The average Bonchev–Trinajstić information content (AvgIpc) is 2.56. The molecule has 72 valence electrons. The molecule has 1 fully saturated rings. The molecule has 1 aliphatic heterocycles. The fraction of sp³-hybridized carbons (Fsp3) is 0.100. The zero-order valence-corrected chi connectivity index (χ0v) is 8.14. The lowest BCUT2D eigenvalue weighted by Gasteiger charge is -1.97. The van der Waals surface area contributed by atoms with Crippen molar-refractivity contribution in [2.75, 3.05) is 6.54 Å². The molecular weight excluding hydrogens is 200 g/mol. The van der Waals surface area contributed by atoms with Crippen molar-refractivity contribution in [1.82, 2.24) is 10.9 Å². The van der Waals surface area contributed by atoms with E-state index in [4.69, 9.17) is 11.6 Å². The monoisotopic (exact) mass is 208 g/mol. The first-order valence-corrected chi connectivity index (χ1v) is 4.63. The van der Waals surface area contributed by atoms with Gasteiger partial charge in [-0.25, -0.2) is 5.43 Å². The van der Waals surface area contributed by atoms with E-state index in [-0.39, 0.29) is 5.91 Å². The number of halogens is 1. The van der Waals surface area contributed by atoms with E-state index in [1.165, 1.54) is 0 Å². The number of hydrogen-bond acceptors (Lipinski definition) is 2. The van der Waals surface area contributed by atoms with Crippen LogP contribution in [0.4, 0.5) is 0 Å². The summed E-state index contributed by atoms with van der Waals surface area (Å²) >= 11 is 5.95. The molecule has 0 radical (unpaired) electrons. The predicted molar refractivity (Wildman–Crippen MR) is 55.6 cm³/mol. The van der Waals surface area contributed by atoms with Crippen molar-refractivity contribution in [3.63, 3.8) is 0 Å². The van der Waals surface area contributed by atoms with Crippen molar-refractivity contribution in [2.24, 2.45) is 0 Å². The van der Waals surface area contributed by atoms with Crippen LogP contribution in [0.5, 0.6) is 0 Å². The lowest BCUT2D eigenvalue weighted by molar-refractivity contribution is -0.116. The number of benzene rings is 1. The summed E-state index contributed by atoms with van der Waals surface area (Å²) in [6.07, 6.45) is 1.79. The third-order valence-electron chi connectivity index (χ3n) is 2.01. The van der Waals surface area contributed by atoms with Crippen molar-refractivity contribution < 1.29 is 4.79 Å². The fourth-order valence-electron chi connectivity index (χ4n) is 1.28. The number of hydrogen-bond donors (Lipinski definition) is 2. The minimum absolute atomic E-state index is 0.0927. The van der Waals surface area contributed by atoms with Crippen LogP contribution in [-0.4, -0.2) is 12.5 Å². The van der Waals surface area contributed by atoms with Gasteiger partial charge in [0, 0.05) is 17.1 Å². The van der Waals surface area contributed by atoms with Gasteiger partial charge >= 0.3 is 0 Å². The molecule has 2 rings (SSSR count). The molecule has 0 aromatic heterocycles. The third-order valence-corrected chi connectivity index (χ3v) is 2.35. The van der Waals surface area contributed by atoms with Gasteiger partial charge in [0.05, 0.1) is 0 Å². The second kappa shape index (κ2) is 3.82. The largest absolute Gasteiger partial charge is 0.287 e. The second-order valence-electron chi connectivity index (χ2n) is 3.00. The summed E-state index contributed by atoms with van der Waals surface area (Å²) in [6, 6.07) is 7.42. The summed E-state index contributed by atoms with van der Waals surface area (Å²) in [5, 5.41) is 0.653. The first kappa shape index (κ1) is 9.24. The zero-order chi connectivity index (χ0) is 9.97. The molecule has 0 spiro atoms. The molecule has 1 saturated heterocycles. The van der Waals surface area contributed by atoms with Crippen LogP contribution in [-0.2, 0) is 4.79 Å². The highest BCUT2D eigenvalue weighted by atomic mass is 35.5. The Labute approximate surface area is 86.7 Å². The summed E-state index contributed by atoms with van der Waals surface area (Å²) in [5.41, 5.74) is 6.82. The molecule has 0 aliphatic carbocycles. The van der Waals surface area contributed by atoms with Gasteiger partial charge in [0.1, 0.15) is 0 Å². The fourth-order valence-corrected chi connectivity index (χ4v) is 1.47. The standard InChI is InChI=1S/C10H9ClN2O/c11-9-4-2-1-3-7(9)5-8-6-12-13-10(8)14/h1-5,12H,6H2,(H,13,14)/b8-5+. The Balaban J connectivity index is 2.33. The Morgan fingerprint density at radius 2 is 2.14 bits per heavy atom. The van der Waals surface area contributed by atoms with Gasteiger partial charge in [-0.05, 0) is 17.7 Å². The summed E-state index contributed by atoms with van der Waals surface area (Å²) in [6.45, 7) is 0.532. The minimum atomic E-state index is -0.0927. The first-order valence-electron chi connectivity index (χ1n) is 4.25. The highest BCUT2D eigenvalue weighted by Gasteiger charge is 2.15. The van der Waals surface area contributed by atoms with Crippen LogP contribution in [0.25, 0.3) is 6.08 Å². The minimum Gasteiger partial charge on any atom is -0.287 e. The van der Waals surface area contributed by atoms with Crippen molar-refractivity contribution in [1.29, 1.82) is 0 Å². The van der Waals surface area contributed by atoms with Crippen molar-refractivity contribution in [3.8, 4) is 0 Å². The number of carbonyl (C=O) groups excluding carboxylic acids is 1. The summed E-state index contributed by atoms with van der Waals surface area (Å²) < 4.78 is 0. The lowest BCUT2D eigenvalue weighted by atomic mass is 10.1. The van der Waals surface area contributed by atoms with Gasteiger partial charge in [0.15, 0.2) is 0 Å². The summed E-state index contributed by atoms with van der Waals surface area (Å²) in [4.78, 5) is 11.2. The first-order chi connectivity index (χ1) is 6.77. The van der Waals surface area contributed by atoms with Gasteiger partial charge in [-0.2, -0.15) is 0 Å². The highest BCUT2D eigenvalue weighted by Crippen LogP contribution is 2.18. The van der Waals surface area contributed by atoms with E-state index in [1.807, 2.05) is 18.2 Å².